The highest BCUT2D eigenvalue weighted by atomic mass is 35.5. The van der Waals surface area contributed by atoms with Gasteiger partial charge in [-0.25, -0.2) is 4.98 Å². The quantitative estimate of drug-likeness (QED) is 0.562. The van der Waals surface area contributed by atoms with Gasteiger partial charge >= 0.3 is 0 Å². The summed E-state index contributed by atoms with van der Waals surface area (Å²) in [5.74, 6) is 0.491. The molecule has 1 aromatic heterocycles. The zero-order valence-corrected chi connectivity index (χ0v) is 10.3. The third kappa shape index (κ3) is 2.90. The first kappa shape index (κ1) is 13.5. The van der Waals surface area contributed by atoms with Gasteiger partial charge in [-0.3, -0.25) is 0 Å². The van der Waals surface area contributed by atoms with Crippen LogP contribution in [0.4, 0.5) is 5.82 Å². The van der Waals surface area contributed by atoms with Gasteiger partial charge in [-0.05, 0) is 12.1 Å². The van der Waals surface area contributed by atoms with E-state index < -0.39 is 24.4 Å². The Bertz CT molecular complexity index is 406. The molecule has 1 aromatic rings. The third-order valence-electron chi connectivity index (χ3n) is 2.86. The van der Waals surface area contributed by atoms with E-state index in [0.29, 0.717) is 11.0 Å². The van der Waals surface area contributed by atoms with E-state index in [4.69, 9.17) is 21.4 Å². The number of hydrogen-bond donors (Lipinski definition) is 4. The molecule has 1 aliphatic rings. The van der Waals surface area contributed by atoms with Crippen LogP contribution in [0.3, 0.4) is 0 Å². The molecule has 1 fully saturated rings. The topological polar surface area (TPSA) is 94.8 Å². The number of ether oxygens (including phenoxy) is 1. The van der Waals surface area contributed by atoms with Gasteiger partial charge in [0, 0.05) is 0 Å². The minimum atomic E-state index is -1.14. The van der Waals surface area contributed by atoms with Crippen LogP contribution >= 0.6 is 11.6 Å². The number of nitrogens with one attached hydrogen (secondary N) is 1. The van der Waals surface area contributed by atoms with Gasteiger partial charge in [0.15, 0.2) is 0 Å². The third-order valence-corrected chi connectivity index (χ3v) is 3.07. The van der Waals surface area contributed by atoms with Crippen LogP contribution in [0, 0.1) is 0 Å². The van der Waals surface area contributed by atoms with E-state index in [0.717, 1.165) is 0 Å². The fourth-order valence-electron chi connectivity index (χ4n) is 1.85. The number of aliphatic hydroxyl groups excluding tert-OH is 3. The summed E-state index contributed by atoms with van der Waals surface area (Å²) in [4.78, 5) is 4.02. The second-order valence-corrected chi connectivity index (χ2v) is 4.52. The van der Waals surface area contributed by atoms with Gasteiger partial charge in [-0.1, -0.05) is 17.7 Å². The van der Waals surface area contributed by atoms with Crippen molar-refractivity contribution >= 4 is 17.4 Å². The van der Waals surface area contributed by atoms with Gasteiger partial charge in [0.05, 0.1) is 19.3 Å². The molecular formula is C11H15ClN2O4. The molecule has 2 rings (SSSR count). The zero-order chi connectivity index (χ0) is 13.1. The number of hydrogen-bond acceptors (Lipinski definition) is 6. The van der Waals surface area contributed by atoms with E-state index in [2.05, 4.69) is 10.3 Å². The van der Waals surface area contributed by atoms with Crippen molar-refractivity contribution in [1.29, 1.82) is 0 Å². The van der Waals surface area contributed by atoms with Crippen LogP contribution < -0.4 is 5.32 Å². The first-order chi connectivity index (χ1) is 8.61. The smallest absolute Gasteiger partial charge is 0.131 e. The second-order valence-electron chi connectivity index (χ2n) is 4.13. The number of aliphatic hydroxyl groups is 3. The molecule has 0 spiro atoms. The Morgan fingerprint density at radius 2 is 2.17 bits per heavy atom. The van der Waals surface area contributed by atoms with Crippen molar-refractivity contribution in [2.75, 3.05) is 18.5 Å². The van der Waals surface area contributed by atoms with Crippen LogP contribution in [-0.4, -0.2) is 57.9 Å². The lowest BCUT2D eigenvalue weighted by Crippen LogP contribution is -2.56. The highest BCUT2D eigenvalue weighted by molar-refractivity contribution is 6.29. The highest BCUT2D eigenvalue weighted by Gasteiger charge is 2.38. The molecule has 1 saturated heterocycles. The first-order valence-electron chi connectivity index (χ1n) is 5.59. The predicted octanol–water partition coefficient (Wildman–Crippen LogP) is -0.372. The van der Waals surface area contributed by atoms with E-state index in [9.17, 15) is 10.2 Å². The molecule has 18 heavy (non-hydrogen) atoms. The van der Waals surface area contributed by atoms with Gasteiger partial charge < -0.3 is 25.4 Å². The summed E-state index contributed by atoms with van der Waals surface area (Å²) in [6.07, 6.45) is -2.94. The maximum atomic E-state index is 9.91. The lowest BCUT2D eigenvalue weighted by Gasteiger charge is -2.37. The van der Waals surface area contributed by atoms with Gasteiger partial charge in [-0.15, -0.1) is 0 Å². The largest absolute Gasteiger partial charge is 0.394 e. The van der Waals surface area contributed by atoms with Crippen molar-refractivity contribution in [3.63, 3.8) is 0 Å². The summed E-state index contributed by atoms with van der Waals surface area (Å²) in [7, 11) is 0. The summed E-state index contributed by atoms with van der Waals surface area (Å²) in [6, 6.07) is 4.55. The number of anilines is 1. The van der Waals surface area contributed by atoms with Gasteiger partial charge in [0.1, 0.15) is 29.3 Å². The molecule has 0 aromatic carbocycles. The highest BCUT2D eigenvalue weighted by Crippen LogP contribution is 2.19. The minimum absolute atomic E-state index is 0.164. The maximum Gasteiger partial charge on any atom is 0.131 e. The SMILES string of the molecule is OC[C@H]1OC[C@H](Nc2cccc(Cl)n2)[C@@H](O)[C@H]1O. The van der Waals surface area contributed by atoms with Crippen molar-refractivity contribution in [2.24, 2.45) is 0 Å². The van der Waals surface area contributed by atoms with Crippen LogP contribution in [0.1, 0.15) is 0 Å². The summed E-state index contributed by atoms with van der Waals surface area (Å²) < 4.78 is 5.24. The van der Waals surface area contributed by atoms with Crippen LogP contribution in [0.2, 0.25) is 5.15 Å². The molecular weight excluding hydrogens is 260 g/mol. The maximum absolute atomic E-state index is 9.91. The Morgan fingerprint density at radius 1 is 1.39 bits per heavy atom. The van der Waals surface area contributed by atoms with Gasteiger partial charge in [-0.2, -0.15) is 0 Å². The van der Waals surface area contributed by atoms with Crippen molar-refractivity contribution < 1.29 is 20.1 Å². The van der Waals surface area contributed by atoms with E-state index in [1.165, 1.54) is 0 Å². The fourth-order valence-corrected chi connectivity index (χ4v) is 2.01. The number of halogens is 1. The van der Waals surface area contributed by atoms with E-state index >= 15 is 0 Å². The molecule has 0 unspecified atom stereocenters. The average Bonchev–Trinajstić information content (AvgIpc) is 2.35. The summed E-state index contributed by atoms with van der Waals surface area (Å²) in [6.45, 7) is -0.169. The van der Waals surface area contributed by atoms with Crippen molar-refractivity contribution in [3.8, 4) is 0 Å². The number of aromatic nitrogens is 1. The molecule has 0 aliphatic carbocycles. The molecule has 6 nitrogen and oxygen atoms in total. The number of rotatable bonds is 3. The standard InChI is InChI=1S/C11H15ClN2O4/c12-8-2-1-3-9(14-8)13-6-5-18-7(4-15)11(17)10(6)16/h1-3,6-7,10-11,15-17H,4-5H2,(H,13,14)/t6-,7+,10+,11-/m0/s1. The second kappa shape index (κ2) is 5.81. The average molecular weight is 275 g/mol. The van der Waals surface area contributed by atoms with Crippen LogP contribution in [0.15, 0.2) is 18.2 Å². The van der Waals surface area contributed by atoms with Crippen molar-refractivity contribution in [1.82, 2.24) is 4.98 Å². The monoisotopic (exact) mass is 274 g/mol. The molecule has 4 atom stereocenters. The van der Waals surface area contributed by atoms with Crippen LogP contribution in [-0.2, 0) is 4.74 Å². The molecule has 0 bridgehead atoms. The minimum Gasteiger partial charge on any atom is -0.394 e. The molecule has 0 saturated carbocycles. The van der Waals surface area contributed by atoms with E-state index in [1.807, 2.05) is 0 Å². The van der Waals surface area contributed by atoms with Gasteiger partial charge in [0.2, 0.25) is 0 Å². The Morgan fingerprint density at radius 3 is 2.83 bits per heavy atom. The summed E-state index contributed by atoms with van der Waals surface area (Å²) in [5, 5.41) is 31.8. The molecule has 1 aliphatic heterocycles. The molecule has 100 valence electrons. The van der Waals surface area contributed by atoms with Crippen molar-refractivity contribution in [3.05, 3.63) is 23.4 Å². The molecule has 0 radical (unpaired) electrons. The van der Waals surface area contributed by atoms with Gasteiger partial charge in [0.25, 0.3) is 0 Å². The number of pyridine rings is 1. The van der Waals surface area contributed by atoms with E-state index in [-0.39, 0.29) is 13.2 Å². The molecule has 0 amide bonds. The Balaban J connectivity index is 2.02. The zero-order valence-electron chi connectivity index (χ0n) is 9.53. The Kier molecular flexibility index (Phi) is 4.36. The number of nitrogens with zero attached hydrogens (tertiary/aromatic N) is 1. The summed E-state index contributed by atoms with van der Waals surface area (Å²) >= 11 is 5.75. The molecule has 4 N–H and O–H groups in total. The predicted molar refractivity (Wildman–Crippen MR) is 65.5 cm³/mol. The normalized spacial score (nSPS) is 32.2. The lowest BCUT2D eigenvalue weighted by molar-refractivity contribution is -0.152. The lowest BCUT2D eigenvalue weighted by atomic mass is 9.98. The fraction of sp³-hybridized carbons (Fsp3) is 0.545. The first-order valence-corrected chi connectivity index (χ1v) is 5.97. The summed E-state index contributed by atoms with van der Waals surface area (Å²) in [5.41, 5.74) is 0. The van der Waals surface area contributed by atoms with Crippen LogP contribution in [0.25, 0.3) is 0 Å². The Labute approximate surface area is 109 Å². The van der Waals surface area contributed by atoms with Crippen LogP contribution in [0.5, 0.6) is 0 Å². The van der Waals surface area contributed by atoms with E-state index in [1.54, 1.807) is 18.2 Å². The van der Waals surface area contributed by atoms with Crippen molar-refractivity contribution in [2.45, 2.75) is 24.4 Å². The Hall–Kier alpha value is -0.920. The molecule has 2 heterocycles. The molecule has 7 heteroatoms.